The van der Waals surface area contributed by atoms with Gasteiger partial charge < -0.3 is 29.8 Å². The van der Waals surface area contributed by atoms with E-state index in [-0.39, 0.29) is 54.8 Å². The van der Waals surface area contributed by atoms with Crippen molar-refractivity contribution in [1.82, 2.24) is 25.0 Å². The Hall–Kier alpha value is -3.05. The summed E-state index contributed by atoms with van der Waals surface area (Å²) >= 11 is 0. The van der Waals surface area contributed by atoms with Gasteiger partial charge in [0, 0.05) is 6.54 Å². The van der Waals surface area contributed by atoms with Crippen LogP contribution in [0.3, 0.4) is 0 Å². The van der Waals surface area contributed by atoms with Gasteiger partial charge in [-0.3, -0.25) is 4.79 Å². The number of esters is 1. The van der Waals surface area contributed by atoms with Gasteiger partial charge in [-0.2, -0.15) is 0 Å². The fraction of sp³-hybridized carbons (Fsp3) is 0.677. The Bertz CT molecular complexity index is 1590. The first-order valence-electron chi connectivity index (χ1n) is 16.0. The number of nitrogens with one attached hydrogen (secondary N) is 2. The number of rotatable bonds is 13. The summed E-state index contributed by atoms with van der Waals surface area (Å²) in [7, 11) is -2.81. The lowest BCUT2D eigenvalue weighted by atomic mass is 9.43. The molecule has 258 valence electrons. The number of methoxy groups -OCH3 is 1. The zero-order valence-electron chi connectivity index (χ0n) is 28.2. The molecule has 2 heterocycles. The van der Waals surface area contributed by atoms with Crippen molar-refractivity contribution in [1.29, 1.82) is 0 Å². The fourth-order valence-corrected chi connectivity index (χ4v) is 8.13. The zero-order chi connectivity index (χ0) is 34.4. The summed E-state index contributed by atoms with van der Waals surface area (Å²) in [6, 6.07) is 5.24. The minimum absolute atomic E-state index is 0.00610. The van der Waals surface area contributed by atoms with Crippen molar-refractivity contribution >= 4 is 29.0 Å². The summed E-state index contributed by atoms with van der Waals surface area (Å²) in [5.74, 6) is -0.537. The number of benzene rings is 1. The van der Waals surface area contributed by atoms with Crippen LogP contribution in [-0.2, 0) is 48.4 Å². The Labute approximate surface area is 277 Å². The molecule has 47 heavy (non-hydrogen) atoms. The second-order valence-corrected chi connectivity index (χ2v) is 16.5. The number of carbonyl (C=O) groups excluding carboxylic acids is 2. The maximum absolute atomic E-state index is 13.5. The first kappa shape index (κ1) is 35.3. The quantitative estimate of drug-likeness (QED) is 0.207. The van der Waals surface area contributed by atoms with Crippen molar-refractivity contribution in [3.8, 4) is 5.75 Å². The standard InChI is InChI=1S/C31H47BN6O8S/c1-29(2,3)44-28(40)22-10-8-9-19(27(22)43-7)13-25(32-45-24-15-20-14-23(30(20,4)5)31(24,6)46-32)35-26(39)18-38-17-21(36-37-38)16-34-47(41,42)12-11-33/h8-10,17,20,23-25,34H,11-16,18,33H2,1-7H3,(H,35,39)/t20-,23-,24+,25-,31-/m0/s1. The van der Waals surface area contributed by atoms with E-state index < -0.39 is 40.3 Å². The van der Waals surface area contributed by atoms with Crippen molar-refractivity contribution in [2.24, 2.45) is 23.0 Å². The summed E-state index contributed by atoms with van der Waals surface area (Å²) in [5, 5.41) is 11.1. The van der Waals surface area contributed by atoms with Crippen LogP contribution >= 0.6 is 0 Å². The summed E-state index contributed by atoms with van der Waals surface area (Å²) in [6.45, 7) is 11.8. The average Bonchev–Trinajstić information content (AvgIpc) is 3.57. The van der Waals surface area contributed by atoms with E-state index in [2.05, 4.69) is 41.1 Å². The van der Waals surface area contributed by atoms with Crippen LogP contribution in [0.4, 0.5) is 0 Å². The van der Waals surface area contributed by atoms with Gasteiger partial charge in [-0.1, -0.05) is 31.2 Å². The Morgan fingerprint density at radius 3 is 2.64 bits per heavy atom. The Morgan fingerprint density at radius 1 is 1.23 bits per heavy atom. The maximum Gasteiger partial charge on any atom is 0.482 e. The molecule has 4 fully saturated rings. The van der Waals surface area contributed by atoms with Gasteiger partial charge >= 0.3 is 13.1 Å². The van der Waals surface area contributed by atoms with Gasteiger partial charge in [-0.25, -0.2) is 22.6 Å². The van der Waals surface area contributed by atoms with Gasteiger partial charge in [-0.15, -0.1) is 5.10 Å². The normalized spacial score (nSPS) is 25.4. The number of ether oxygens (including phenoxy) is 2. The highest BCUT2D eigenvalue weighted by molar-refractivity contribution is 7.89. The van der Waals surface area contributed by atoms with E-state index in [1.54, 1.807) is 32.9 Å². The number of hydrogen-bond acceptors (Lipinski definition) is 11. The lowest BCUT2D eigenvalue weighted by Crippen LogP contribution is -2.65. The van der Waals surface area contributed by atoms with Crippen LogP contribution in [0.5, 0.6) is 5.75 Å². The molecule has 1 saturated heterocycles. The Balaban J connectivity index is 1.36. The largest absolute Gasteiger partial charge is 0.496 e. The molecule has 3 saturated carbocycles. The summed E-state index contributed by atoms with van der Waals surface area (Å²) in [5.41, 5.74) is 5.58. The molecule has 6 rings (SSSR count). The molecular weight excluding hydrogens is 627 g/mol. The van der Waals surface area contributed by atoms with Gasteiger partial charge in [0.05, 0.1) is 48.9 Å². The molecule has 4 aliphatic rings. The topological polar surface area (TPSA) is 186 Å². The lowest BCUT2D eigenvalue weighted by Gasteiger charge is -2.64. The molecular formula is C31H47BN6O8S. The molecule has 16 heteroatoms. The molecule has 1 amide bonds. The number of sulfonamides is 1. The van der Waals surface area contributed by atoms with Crippen LogP contribution in [-0.4, -0.2) is 85.1 Å². The van der Waals surface area contributed by atoms with Crippen molar-refractivity contribution in [3.05, 3.63) is 41.2 Å². The number of nitrogens with two attached hydrogens (primary N) is 1. The molecule has 0 unspecified atom stereocenters. The van der Waals surface area contributed by atoms with E-state index in [1.807, 2.05) is 6.07 Å². The highest BCUT2D eigenvalue weighted by atomic mass is 32.2. The number of nitrogens with zero attached hydrogens (tertiary/aromatic N) is 3. The smallest absolute Gasteiger partial charge is 0.482 e. The molecule has 1 aromatic heterocycles. The monoisotopic (exact) mass is 674 g/mol. The average molecular weight is 675 g/mol. The van der Waals surface area contributed by atoms with Crippen LogP contribution in [0.2, 0.25) is 0 Å². The summed E-state index contributed by atoms with van der Waals surface area (Å²) in [6.07, 6.45) is 3.59. The van der Waals surface area contributed by atoms with E-state index in [9.17, 15) is 18.0 Å². The number of amides is 1. The third-order valence-electron chi connectivity index (χ3n) is 9.75. The Morgan fingerprint density at radius 2 is 1.98 bits per heavy atom. The molecule has 0 spiro atoms. The van der Waals surface area contributed by atoms with Gasteiger partial charge in [0.25, 0.3) is 0 Å². The second kappa shape index (κ2) is 13.1. The number of para-hydroxylation sites is 1. The van der Waals surface area contributed by atoms with E-state index in [0.29, 0.717) is 28.8 Å². The van der Waals surface area contributed by atoms with Crippen molar-refractivity contribution < 1.29 is 36.8 Å². The predicted molar refractivity (Wildman–Crippen MR) is 174 cm³/mol. The fourth-order valence-electron chi connectivity index (χ4n) is 7.31. The molecule has 1 aliphatic heterocycles. The summed E-state index contributed by atoms with van der Waals surface area (Å²) in [4.78, 5) is 26.6. The van der Waals surface area contributed by atoms with Crippen molar-refractivity contribution in [2.75, 3.05) is 19.4 Å². The first-order valence-corrected chi connectivity index (χ1v) is 17.7. The van der Waals surface area contributed by atoms with Gasteiger partial charge in [0.15, 0.2) is 0 Å². The first-order chi connectivity index (χ1) is 22.0. The molecule has 1 aromatic carbocycles. The Kier molecular flexibility index (Phi) is 9.83. The number of hydrogen-bond donors (Lipinski definition) is 3. The molecule has 4 N–H and O–H groups in total. The maximum atomic E-state index is 13.5. The van der Waals surface area contributed by atoms with Crippen LogP contribution in [0.25, 0.3) is 0 Å². The molecule has 3 aliphatic carbocycles. The van der Waals surface area contributed by atoms with Gasteiger partial charge in [0.2, 0.25) is 15.9 Å². The van der Waals surface area contributed by atoms with E-state index in [4.69, 9.17) is 24.5 Å². The highest BCUT2D eigenvalue weighted by Crippen LogP contribution is 2.65. The SMILES string of the molecule is COc1c(C[C@H](NC(=O)Cn2cc(CNS(=O)(=O)CCN)nn2)B2O[C@@H]3C[C@@H]4C[C@@H](C4(C)C)[C@]3(C)O2)cccc1C(=O)OC(C)(C)C. The lowest BCUT2D eigenvalue weighted by molar-refractivity contribution is -0.199. The molecule has 14 nitrogen and oxygen atoms in total. The van der Waals surface area contributed by atoms with Crippen molar-refractivity contribution in [3.63, 3.8) is 0 Å². The number of carbonyl (C=O) groups is 2. The van der Waals surface area contributed by atoms with Crippen molar-refractivity contribution in [2.45, 2.75) is 97.1 Å². The predicted octanol–water partition coefficient (Wildman–Crippen LogP) is 1.62. The van der Waals surface area contributed by atoms with Gasteiger partial charge in [-0.05, 0) is 75.8 Å². The highest BCUT2D eigenvalue weighted by Gasteiger charge is 2.68. The second-order valence-electron chi connectivity index (χ2n) is 14.6. The molecule has 0 radical (unpaired) electrons. The molecule has 5 atom stereocenters. The van der Waals surface area contributed by atoms with Crippen LogP contribution in [0, 0.1) is 17.3 Å². The third kappa shape index (κ3) is 7.51. The zero-order valence-corrected chi connectivity index (χ0v) is 29.1. The third-order valence-corrected chi connectivity index (χ3v) is 11.1. The molecule has 2 aromatic rings. The van der Waals surface area contributed by atoms with E-state index in [1.165, 1.54) is 18.0 Å². The van der Waals surface area contributed by atoms with Crippen LogP contribution < -0.4 is 20.5 Å². The van der Waals surface area contributed by atoms with E-state index in [0.717, 1.165) is 12.8 Å². The summed E-state index contributed by atoms with van der Waals surface area (Å²) < 4.78 is 52.3. The number of aromatic nitrogens is 3. The van der Waals surface area contributed by atoms with Crippen LogP contribution in [0.1, 0.15) is 76.0 Å². The minimum atomic E-state index is -3.54. The minimum Gasteiger partial charge on any atom is -0.496 e. The molecule has 2 bridgehead atoms. The van der Waals surface area contributed by atoms with E-state index >= 15 is 0 Å². The van der Waals surface area contributed by atoms with Gasteiger partial charge in [0.1, 0.15) is 23.5 Å². The van der Waals surface area contributed by atoms with Crippen LogP contribution in [0.15, 0.2) is 24.4 Å².